The van der Waals surface area contributed by atoms with Gasteiger partial charge in [-0.25, -0.2) is 4.98 Å². The van der Waals surface area contributed by atoms with Crippen LogP contribution in [0.25, 0.3) is 0 Å². The summed E-state index contributed by atoms with van der Waals surface area (Å²) in [7, 11) is 0. The Balaban J connectivity index is 2.77. The van der Waals surface area contributed by atoms with E-state index in [0.717, 1.165) is 13.0 Å². The van der Waals surface area contributed by atoms with E-state index in [-0.39, 0.29) is 6.61 Å². The number of hydrogen-bond acceptors (Lipinski definition) is 4. The van der Waals surface area contributed by atoms with Gasteiger partial charge in [0.25, 0.3) is 0 Å². The summed E-state index contributed by atoms with van der Waals surface area (Å²) in [6, 6.07) is -0.651. The molecule has 0 aliphatic rings. The number of nitrogens with two attached hydrogens (primary N) is 1. The topological polar surface area (TPSA) is 84.3 Å². The van der Waals surface area contributed by atoms with Crippen LogP contribution < -0.4 is 5.73 Å². The van der Waals surface area contributed by atoms with E-state index >= 15 is 0 Å². The lowest BCUT2D eigenvalue weighted by Crippen LogP contribution is -2.33. The van der Waals surface area contributed by atoms with Crippen LogP contribution >= 0.6 is 0 Å². The van der Waals surface area contributed by atoms with Gasteiger partial charge >= 0.3 is 0 Å². The summed E-state index contributed by atoms with van der Waals surface area (Å²) >= 11 is 0. The zero-order valence-electron chi connectivity index (χ0n) is 8.30. The van der Waals surface area contributed by atoms with E-state index in [0.29, 0.717) is 5.69 Å². The molecular formula is C9H17N3O2. The van der Waals surface area contributed by atoms with Crippen molar-refractivity contribution in [3.63, 3.8) is 0 Å². The van der Waals surface area contributed by atoms with Gasteiger partial charge in [-0.15, -0.1) is 0 Å². The zero-order chi connectivity index (χ0) is 10.6. The number of nitrogens with zero attached hydrogens (tertiary/aromatic N) is 2. The summed E-state index contributed by atoms with van der Waals surface area (Å²) in [5.74, 6) is 0. The number of aliphatic hydroxyl groups is 2. The molecule has 5 nitrogen and oxygen atoms in total. The van der Waals surface area contributed by atoms with Crippen molar-refractivity contribution in [2.45, 2.75) is 32.0 Å². The minimum atomic E-state index is -0.853. The summed E-state index contributed by atoms with van der Waals surface area (Å²) in [6.07, 6.45) is 3.35. The van der Waals surface area contributed by atoms with Crippen LogP contribution in [0.3, 0.4) is 0 Å². The molecule has 0 aromatic carbocycles. The first-order valence-corrected chi connectivity index (χ1v) is 4.75. The molecule has 80 valence electrons. The molecule has 0 bridgehead atoms. The van der Waals surface area contributed by atoms with Gasteiger partial charge in [0, 0.05) is 6.54 Å². The van der Waals surface area contributed by atoms with Gasteiger partial charge in [0.1, 0.15) is 6.10 Å². The Morgan fingerprint density at radius 2 is 2.36 bits per heavy atom. The van der Waals surface area contributed by atoms with Gasteiger partial charge in [-0.05, 0) is 6.42 Å². The molecule has 0 amide bonds. The molecule has 2 unspecified atom stereocenters. The predicted molar refractivity (Wildman–Crippen MR) is 52.5 cm³/mol. The van der Waals surface area contributed by atoms with Gasteiger partial charge in [-0.3, -0.25) is 0 Å². The van der Waals surface area contributed by atoms with Crippen molar-refractivity contribution in [1.29, 1.82) is 0 Å². The van der Waals surface area contributed by atoms with Gasteiger partial charge in [0.15, 0.2) is 0 Å². The molecular weight excluding hydrogens is 182 g/mol. The summed E-state index contributed by atoms with van der Waals surface area (Å²) in [4.78, 5) is 3.94. The minimum absolute atomic E-state index is 0.238. The highest BCUT2D eigenvalue weighted by molar-refractivity contribution is 5.05. The van der Waals surface area contributed by atoms with Crippen LogP contribution in [0.15, 0.2) is 12.5 Å². The minimum Gasteiger partial charge on any atom is -0.395 e. The van der Waals surface area contributed by atoms with E-state index < -0.39 is 12.1 Å². The third-order valence-corrected chi connectivity index (χ3v) is 2.13. The molecule has 1 aromatic rings. The molecule has 1 heterocycles. The van der Waals surface area contributed by atoms with Crippen molar-refractivity contribution in [1.82, 2.24) is 9.55 Å². The van der Waals surface area contributed by atoms with Gasteiger partial charge in [-0.1, -0.05) is 6.92 Å². The smallest absolute Gasteiger partial charge is 0.113 e. The summed E-state index contributed by atoms with van der Waals surface area (Å²) < 4.78 is 1.85. The van der Waals surface area contributed by atoms with Crippen molar-refractivity contribution >= 4 is 0 Å². The lowest BCUT2D eigenvalue weighted by molar-refractivity contribution is 0.103. The maximum atomic E-state index is 9.74. The maximum absolute atomic E-state index is 9.74. The van der Waals surface area contributed by atoms with Crippen LogP contribution in [-0.2, 0) is 6.54 Å². The number of aryl methyl sites for hydroxylation is 1. The standard InChI is InChI=1S/C9H17N3O2/c1-2-3-12-6-11-4-8(12)9(14)7(10)5-13/h4,6-7,9,13-14H,2-3,5,10H2,1H3. The fourth-order valence-electron chi connectivity index (χ4n) is 1.32. The van der Waals surface area contributed by atoms with Crippen LogP contribution in [0.5, 0.6) is 0 Å². The molecule has 0 spiro atoms. The van der Waals surface area contributed by atoms with Crippen LogP contribution in [0, 0.1) is 0 Å². The highest BCUT2D eigenvalue weighted by Crippen LogP contribution is 2.15. The van der Waals surface area contributed by atoms with Gasteiger partial charge < -0.3 is 20.5 Å². The molecule has 0 saturated carbocycles. The Bertz CT molecular complexity index is 275. The van der Waals surface area contributed by atoms with Crippen molar-refractivity contribution in [2.24, 2.45) is 5.73 Å². The Kier molecular flexibility index (Phi) is 4.06. The van der Waals surface area contributed by atoms with Crippen molar-refractivity contribution in [3.05, 3.63) is 18.2 Å². The third kappa shape index (κ3) is 2.31. The van der Waals surface area contributed by atoms with Crippen molar-refractivity contribution in [2.75, 3.05) is 6.61 Å². The summed E-state index contributed by atoms with van der Waals surface area (Å²) in [5, 5.41) is 18.5. The van der Waals surface area contributed by atoms with Crippen LogP contribution in [0.2, 0.25) is 0 Å². The monoisotopic (exact) mass is 199 g/mol. The third-order valence-electron chi connectivity index (χ3n) is 2.13. The van der Waals surface area contributed by atoms with E-state index in [9.17, 15) is 5.11 Å². The number of rotatable bonds is 5. The van der Waals surface area contributed by atoms with E-state index in [1.165, 1.54) is 0 Å². The van der Waals surface area contributed by atoms with E-state index in [1.54, 1.807) is 12.5 Å². The van der Waals surface area contributed by atoms with Gasteiger partial charge in [-0.2, -0.15) is 0 Å². The Morgan fingerprint density at radius 1 is 1.64 bits per heavy atom. The fraction of sp³-hybridized carbons (Fsp3) is 0.667. The largest absolute Gasteiger partial charge is 0.395 e. The first-order chi connectivity index (χ1) is 6.70. The maximum Gasteiger partial charge on any atom is 0.113 e. The molecule has 1 rings (SSSR count). The first-order valence-electron chi connectivity index (χ1n) is 4.75. The van der Waals surface area contributed by atoms with Crippen LogP contribution in [0.1, 0.15) is 25.1 Å². The highest BCUT2D eigenvalue weighted by atomic mass is 16.3. The van der Waals surface area contributed by atoms with Crippen molar-refractivity contribution < 1.29 is 10.2 Å². The Labute approximate surface area is 83.2 Å². The van der Waals surface area contributed by atoms with E-state index in [4.69, 9.17) is 10.8 Å². The zero-order valence-corrected chi connectivity index (χ0v) is 8.30. The second kappa shape index (κ2) is 5.09. The summed E-state index contributed by atoms with van der Waals surface area (Å²) in [5.41, 5.74) is 6.19. The highest BCUT2D eigenvalue weighted by Gasteiger charge is 2.19. The molecule has 0 radical (unpaired) electrons. The molecule has 0 saturated heterocycles. The predicted octanol–water partition coefficient (Wildman–Crippen LogP) is -0.354. The normalized spacial score (nSPS) is 15.4. The molecule has 14 heavy (non-hydrogen) atoms. The molecule has 4 N–H and O–H groups in total. The van der Waals surface area contributed by atoms with Crippen molar-refractivity contribution in [3.8, 4) is 0 Å². The molecule has 2 atom stereocenters. The molecule has 1 aromatic heterocycles. The number of aromatic nitrogens is 2. The Morgan fingerprint density at radius 3 is 2.93 bits per heavy atom. The quantitative estimate of drug-likeness (QED) is 0.605. The second-order valence-electron chi connectivity index (χ2n) is 3.30. The molecule has 5 heteroatoms. The van der Waals surface area contributed by atoms with E-state index in [2.05, 4.69) is 4.98 Å². The second-order valence-corrected chi connectivity index (χ2v) is 3.30. The molecule has 0 aliphatic carbocycles. The molecule has 0 aliphatic heterocycles. The van der Waals surface area contributed by atoms with E-state index in [1.807, 2.05) is 11.5 Å². The summed E-state index contributed by atoms with van der Waals surface area (Å²) in [6.45, 7) is 2.60. The number of aliphatic hydroxyl groups excluding tert-OH is 2. The fourth-order valence-corrected chi connectivity index (χ4v) is 1.32. The first kappa shape index (κ1) is 11.2. The number of hydrogen-bond donors (Lipinski definition) is 3. The lowest BCUT2D eigenvalue weighted by atomic mass is 10.1. The van der Waals surface area contributed by atoms with Crippen LogP contribution in [0.4, 0.5) is 0 Å². The lowest BCUT2D eigenvalue weighted by Gasteiger charge is -2.17. The average molecular weight is 199 g/mol. The van der Waals surface area contributed by atoms with Gasteiger partial charge in [0.05, 0.1) is 30.9 Å². The number of imidazole rings is 1. The SMILES string of the molecule is CCCn1cncc1C(O)C(N)CO. The Hall–Kier alpha value is -0.910. The molecule has 0 fully saturated rings. The van der Waals surface area contributed by atoms with Gasteiger partial charge in [0.2, 0.25) is 0 Å². The van der Waals surface area contributed by atoms with Crippen LogP contribution in [-0.4, -0.2) is 32.4 Å². The average Bonchev–Trinajstić information content (AvgIpc) is 2.64.